The third-order valence-corrected chi connectivity index (χ3v) is 3.15. The van der Waals surface area contributed by atoms with E-state index in [0.717, 1.165) is 43.3 Å². The molecule has 0 saturated heterocycles. The summed E-state index contributed by atoms with van der Waals surface area (Å²) in [6.45, 7) is 13.8. The number of aromatic nitrogens is 2. The maximum absolute atomic E-state index is 4.76. The summed E-state index contributed by atoms with van der Waals surface area (Å²) in [6, 6.07) is 0. The van der Waals surface area contributed by atoms with E-state index < -0.39 is 0 Å². The van der Waals surface area contributed by atoms with Gasteiger partial charge in [0.2, 0.25) is 0 Å². The van der Waals surface area contributed by atoms with Crippen LogP contribution in [-0.4, -0.2) is 30.1 Å². The monoisotopic (exact) mass is 278 g/mol. The van der Waals surface area contributed by atoms with Gasteiger partial charge >= 0.3 is 0 Å². The van der Waals surface area contributed by atoms with Crippen LogP contribution in [0.1, 0.15) is 58.5 Å². The molecular formula is C16H30N4. The van der Waals surface area contributed by atoms with Crippen molar-refractivity contribution in [1.29, 1.82) is 0 Å². The molecule has 4 nitrogen and oxygen atoms in total. The molecule has 0 spiro atoms. The van der Waals surface area contributed by atoms with E-state index in [1.165, 1.54) is 0 Å². The van der Waals surface area contributed by atoms with E-state index in [1.54, 1.807) is 0 Å². The second-order valence-corrected chi connectivity index (χ2v) is 6.17. The van der Waals surface area contributed by atoms with Crippen molar-refractivity contribution in [3.05, 3.63) is 17.7 Å². The Hall–Kier alpha value is -1.16. The molecule has 20 heavy (non-hydrogen) atoms. The van der Waals surface area contributed by atoms with Crippen LogP contribution >= 0.6 is 0 Å². The Morgan fingerprint density at radius 2 is 1.95 bits per heavy atom. The lowest BCUT2D eigenvalue weighted by Crippen LogP contribution is -2.26. The summed E-state index contributed by atoms with van der Waals surface area (Å²) >= 11 is 0. The Kier molecular flexibility index (Phi) is 6.93. The van der Waals surface area contributed by atoms with Crippen LogP contribution in [0.4, 0.5) is 5.69 Å². The standard InChI is InChI=1S/C16H30N4/c1-7-8-17-9-14-15(20(6)11-12(2)3)10-18-16(19-14)13(4)5/h10,12-13,17H,7-9,11H2,1-6H3. The number of nitrogens with one attached hydrogen (secondary N) is 1. The van der Waals surface area contributed by atoms with Gasteiger partial charge in [0.25, 0.3) is 0 Å². The number of rotatable bonds is 8. The fourth-order valence-corrected chi connectivity index (χ4v) is 2.18. The SMILES string of the molecule is CCCNCc1nc(C(C)C)ncc1N(C)CC(C)C. The van der Waals surface area contributed by atoms with Gasteiger partial charge in [-0.15, -0.1) is 0 Å². The van der Waals surface area contributed by atoms with E-state index >= 15 is 0 Å². The molecule has 4 heteroatoms. The highest BCUT2D eigenvalue weighted by Gasteiger charge is 2.13. The van der Waals surface area contributed by atoms with Crippen molar-refractivity contribution < 1.29 is 0 Å². The van der Waals surface area contributed by atoms with Gasteiger partial charge < -0.3 is 10.2 Å². The molecule has 1 heterocycles. The molecule has 0 unspecified atom stereocenters. The first kappa shape index (κ1) is 16.9. The van der Waals surface area contributed by atoms with Crippen LogP contribution in [0.3, 0.4) is 0 Å². The number of hydrogen-bond donors (Lipinski definition) is 1. The van der Waals surface area contributed by atoms with Crippen molar-refractivity contribution in [1.82, 2.24) is 15.3 Å². The van der Waals surface area contributed by atoms with E-state index in [1.807, 2.05) is 6.20 Å². The maximum Gasteiger partial charge on any atom is 0.131 e. The minimum atomic E-state index is 0.365. The second kappa shape index (κ2) is 8.20. The molecule has 0 amide bonds. The smallest absolute Gasteiger partial charge is 0.131 e. The summed E-state index contributed by atoms with van der Waals surface area (Å²) in [5.74, 6) is 1.92. The quantitative estimate of drug-likeness (QED) is 0.741. The fourth-order valence-electron chi connectivity index (χ4n) is 2.18. The summed E-state index contributed by atoms with van der Waals surface area (Å²) in [6.07, 6.45) is 3.12. The first-order valence-corrected chi connectivity index (χ1v) is 7.73. The van der Waals surface area contributed by atoms with Crippen molar-refractivity contribution in [3.63, 3.8) is 0 Å². The van der Waals surface area contributed by atoms with Crippen LogP contribution in [0.5, 0.6) is 0 Å². The van der Waals surface area contributed by atoms with Gasteiger partial charge in [0.15, 0.2) is 0 Å². The summed E-state index contributed by atoms with van der Waals surface area (Å²) in [4.78, 5) is 11.5. The Morgan fingerprint density at radius 1 is 1.25 bits per heavy atom. The third kappa shape index (κ3) is 5.08. The number of nitrogens with zero attached hydrogens (tertiary/aromatic N) is 3. The van der Waals surface area contributed by atoms with Gasteiger partial charge in [0.05, 0.1) is 17.6 Å². The minimum absolute atomic E-state index is 0.365. The van der Waals surface area contributed by atoms with Crippen molar-refractivity contribution in [2.45, 2.75) is 53.5 Å². The molecule has 1 aromatic heterocycles. The van der Waals surface area contributed by atoms with Crippen molar-refractivity contribution in [2.75, 3.05) is 25.0 Å². The van der Waals surface area contributed by atoms with E-state index in [4.69, 9.17) is 4.98 Å². The predicted octanol–water partition coefficient (Wildman–Crippen LogP) is 3.19. The average Bonchev–Trinajstić information content (AvgIpc) is 2.37. The Bertz CT molecular complexity index is 401. The molecule has 0 aliphatic heterocycles. The van der Waals surface area contributed by atoms with E-state index in [2.05, 4.69) is 56.9 Å². The second-order valence-electron chi connectivity index (χ2n) is 6.17. The molecule has 0 fully saturated rings. The predicted molar refractivity (Wildman–Crippen MR) is 86.2 cm³/mol. The van der Waals surface area contributed by atoms with Crippen molar-refractivity contribution >= 4 is 5.69 Å². The highest BCUT2D eigenvalue weighted by atomic mass is 15.1. The van der Waals surface area contributed by atoms with Crippen molar-refractivity contribution in [3.8, 4) is 0 Å². The first-order chi connectivity index (χ1) is 9.45. The minimum Gasteiger partial charge on any atom is -0.372 e. The average molecular weight is 278 g/mol. The fraction of sp³-hybridized carbons (Fsp3) is 0.750. The van der Waals surface area contributed by atoms with Gasteiger partial charge in [-0.05, 0) is 18.9 Å². The zero-order chi connectivity index (χ0) is 15.1. The molecule has 0 aliphatic carbocycles. The zero-order valence-electron chi connectivity index (χ0n) is 13.9. The molecular weight excluding hydrogens is 248 g/mol. The Balaban J connectivity index is 2.95. The molecule has 0 atom stereocenters. The van der Waals surface area contributed by atoms with Gasteiger partial charge in [0, 0.05) is 26.1 Å². The summed E-state index contributed by atoms with van der Waals surface area (Å²) in [5.41, 5.74) is 2.26. The normalized spacial score (nSPS) is 11.4. The van der Waals surface area contributed by atoms with Gasteiger partial charge in [-0.1, -0.05) is 34.6 Å². The van der Waals surface area contributed by atoms with Crippen LogP contribution in [0.15, 0.2) is 6.20 Å². The van der Waals surface area contributed by atoms with Gasteiger partial charge in [-0.3, -0.25) is 0 Å². The molecule has 1 aromatic rings. The third-order valence-electron chi connectivity index (χ3n) is 3.15. The highest BCUT2D eigenvalue weighted by Crippen LogP contribution is 2.20. The van der Waals surface area contributed by atoms with Crippen LogP contribution < -0.4 is 10.2 Å². The van der Waals surface area contributed by atoms with Crippen LogP contribution in [0.25, 0.3) is 0 Å². The van der Waals surface area contributed by atoms with E-state index in [0.29, 0.717) is 11.8 Å². The Morgan fingerprint density at radius 3 is 2.50 bits per heavy atom. The molecule has 1 N–H and O–H groups in total. The zero-order valence-corrected chi connectivity index (χ0v) is 13.9. The van der Waals surface area contributed by atoms with Gasteiger partial charge in [-0.2, -0.15) is 0 Å². The van der Waals surface area contributed by atoms with E-state index in [-0.39, 0.29) is 0 Å². The van der Waals surface area contributed by atoms with Crippen LogP contribution in [-0.2, 0) is 6.54 Å². The van der Waals surface area contributed by atoms with Crippen LogP contribution in [0.2, 0.25) is 0 Å². The van der Waals surface area contributed by atoms with Crippen molar-refractivity contribution in [2.24, 2.45) is 5.92 Å². The lowest BCUT2D eigenvalue weighted by atomic mass is 10.1. The van der Waals surface area contributed by atoms with Gasteiger partial charge in [-0.25, -0.2) is 9.97 Å². The Labute approximate surface area is 124 Å². The maximum atomic E-state index is 4.76. The highest BCUT2D eigenvalue weighted by molar-refractivity contribution is 5.48. The molecule has 0 aromatic carbocycles. The molecule has 1 rings (SSSR count). The molecule has 0 aliphatic rings. The largest absolute Gasteiger partial charge is 0.372 e. The summed E-state index contributed by atoms with van der Waals surface area (Å²) in [5, 5.41) is 3.45. The number of anilines is 1. The molecule has 0 radical (unpaired) electrons. The molecule has 0 bridgehead atoms. The lowest BCUT2D eigenvalue weighted by molar-refractivity contribution is 0.622. The first-order valence-electron chi connectivity index (χ1n) is 7.73. The lowest BCUT2D eigenvalue weighted by Gasteiger charge is -2.24. The topological polar surface area (TPSA) is 41.1 Å². The summed E-state index contributed by atoms with van der Waals surface area (Å²) in [7, 11) is 2.12. The summed E-state index contributed by atoms with van der Waals surface area (Å²) < 4.78 is 0. The molecule has 0 saturated carbocycles. The van der Waals surface area contributed by atoms with Gasteiger partial charge in [0.1, 0.15) is 5.82 Å². The van der Waals surface area contributed by atoms with E-state index in [9.17, 15) is 0 Å². The van der Waals surface area contributed by atoms with Crippen LogP contribution in [0, 0.1) is 5.92 Å². The molecule has 114 valence electrons. The number of hydrogen-bond acceptors (Lipinski definition) is 4.